The molecule has 4 nitrogen and oxygen atoms in total. The number of imidazole rings is 1. The van der Waals surface area contributed by atoms with Crippen LogP contribution in [0.15, 0.2) is 42.6 Å². The molecule has 1 fully saturated rings. The number of H-pyrrole nitrogens is 1. The van der Waals surface area contributed by atoms with Gasteiger partial charge in [0.05, 0.1) is 11.0 Å². The minimum Gasteiger partial charge on any atom is -0.340 e. The van der Waals surface area contributed by atoms with Crippen LogP contribution in [0.4, 0.5) is 4.39 Å². The number of benzene rings is 1. The zero-order valence-electron chi connectivity index (χ0n) is 16.2. The first-order chi connectivity index (χ1) is 14.1. The van der Waals surface area contributed by atoms with E-state index in [0.717, 1.165) is 47.9 Å². The number of hydrogen-bond acceptors (Lipinski definition) is 3. The fourth-order valence-electron chi connectivity index (χ4n) is 4.75. The van der Waals surface area contributed by atoms with Gasteiger partial charge in [0.15, 0.2) is 5.65 Å². The second-order valence-electron chi connectivity index (χ2n) is 8.09. The standard InChI is InChI=1S/C23H22ClFN4/c1-13(22-27-20-8-9-21(24)28-23(20)29-22)14-2-4-15(5-3-14)17-10-11-26-19-7-6-16(25)12-18(17)19/h6-15H,2-5H2,1H3,(H,27,28,29)/t13?,14-,15-. The molecule has 1 N–H and O–H groups in total. The number of nitrogens with one attached hydrogen (secondary N) is 1. The van der Waals surface area contributed by atoms with Crippen LogP contribution in [-0.2, 0) is 0 Å². The molecular formula is C23H22ClFN4. The summed E-state index contributed by atoms with van der Waals surface area (Å²) in [5.74, 6) is 2.12. The van der Waals surface area contributed by atoms with Gasteiger partial charge in [0.25, 0.3) is 0 Å². The minimum atomic E-state index is -0.201. The van der Waals surface area contributed by atoms with Crippen molar-refractivity contribution in [2.24, 2.45) is 5.92 Å². The number of nitrogens with zero attached hydrogens (tertiary/aromatic N) is 3. The maximum Gasteiger partial charge on any atom is 0.179 e. The number of aromatic amines is 1. The lowest BCUT2D eigenvalue weighted by Crippen LogP contribution is -2.19. The van der Waals surface area contributed by atoms with E-state index >= 15 is 0 Å². The maximum atomic E-state index is 13.8. The summed E-state index contributed by atoms with van der Waals surface area (Å²) in [6.45, 7) is 2.24. The molecule has 3 aromatic heterocycles. The van der Waals surface area contributed by atoms with Crippen LogP contribution in [-0.4, -0.2) is 19.9 Å². The number of pyridine rings is 2. The van der Waals surface area contributed by atoms with E-state index in [0.29, 0.717) is 28.6 Å². The van der Waals surface area contributed by atoms with Crippen LogP contribution in [0.2, 0.25) is 5.15 Å². The first-order valence-electron chi connectivity index (χ1n) is 10.1. The van der Waals surface area contributed by atoms with Crippen molar-refractivity contribution in [3.8, 4) is 0 Å². The third-order valence-corrected chi connectivity index (χ3v) is 6.63. The quantitative estimate of drug-likeness (QED) is 0.400. The molecule has 0 spiro atoms. The normalized spacial score (nSPS) is 20.9. The van der Waals surface area contributed by atoms with E-state index in [1.807, 2.05) is 12.3 Å². The molecule has 5 rings (SSSR count). The number of fused-ring (bicyclic) bond motifs is 2. The SMILES string of the molecule is CC(c1nc2nc(Cl)ccc2[nH]1)[C@H]1CC[C@H](c2ccnc3ccc(F)cc32)CC1. The van der Waals surface area contributed by atoms with Gasteiger partial charge in [0.2, 0.25) is 0 Å². The van der Waals surface area contributed by atoms with Crippen LogP contribution in [0, 0.1) is 11.7 Å². The molecule has 0 bridgehead atoms. The molecule has 1 unspecified atom stereocenters. The van der Waals surface area contributed by atoms with Crippen molar-refractivity contribution < 1.29 is 4.39 Å². The van der Waals surface area contributed by atoms with Crippen molar-refractivity contribution in [3.05, 3.63) is 65.0 Å². The van der Waals surface area contributed by atoms with Crippen LogP contribution < -0.4 is 0 Å². The molecule has 29 heavy (non-hydrogen) atoms. The number of hydrogen-bond donors (Lipinski definition) is 1. The van der Waals surface area contributed by atoms with E-state index in [9.17, 15) is 4.39 Å². The molecule has 6 heteroatoms. The predicted molar refractivity (Wildman–Crippen MR) is 114 cm³/mol. The Morgan fingerprint density at radius 1 is 1.07 bits per heavy atom. The van der Waals surface area contributed by atoms with E-state index < -0.39 is 0 Å². The van der Waals surface area contributed by atoms with Crippen molar-refractivity contribution >= 4 is 33.7 Å². The molecule has 0 saturated heterocycles. The summed E-state index contributed by atoms with van der Waals surface area (Å²) in [5.41, 5.74) is 3.70. The number of aromatic nitrogens is 4. The highest BCUT2D eigenvalue weighted by molar-refractivity contribution is 6.29. The van der Waals surface area contributed by atoms with Gasteiger partial charge < -0.3 is 4.98 Å². The molecule has 0 aliphatic heterocycles. The minimum absolute atomic E-state index is 0.201. The molecular weight excluding hydrogens is 387 g/mol. The lowest BCUT2D eigenvalue weighted by Gasteiger charge is -2.32. The van der Waals surface area contributed by atoms with E-state index in [1.54, 1.807) is 18.2 Å². The number of halogens is 2. The van der Waals surface area contributed by atoms with Crippen molar-refractivity contribution in [3.63, 3.8) is 0 Å². The van der Waals surface area contributed by atoms with E-state index in [2.05, 4.69) is 32.9 Å². The Kier molecular flexibility index (Phi) is 4.70. The van der Waals surface area contributed by atoms with E-state index in [4.69, 9.17) is 11.6 Å². The Morgan fingerprint density at radius 3 is 2.72 bits per heavy atom. The molecule has 1 atom stereocenters. The maximum absolute atomic E-state index is 13.8. The Labute approximate surface area is 173 Å². The van der Waals surface area contributed by atoms with Gasteiger partial charge in [-0.1, -0.05) is 18.5 Å². The van der Waals surface area contributed by atoms with Gasteiger partial charge >= 0.3 is 0 Å². The van der Waals surface area contributed by atoms with Gasteiger partial charge in [-0.15, -0.1) is 0 Å². The molecule has 1 saturated carbocycles. The van der Waals surface area contributed by atoms with E-state index in [-0.39, 0.29) is 5.82 Å². The fraction of sp³-hybridized carbons (Fsp3) is 0.348. The Bertz CT molecular complexity index is 1180. The van der Waals surface area contributed by atoms with Gasteiger partial charge in [-0.3, -0.25) is 4.98 Å². The molecule has 1 aromatic carbocycles. The van der Waals surface area contributed by atoms with Crippen LogP contribution in [0.5, 0.6) is 0 Å². The van der Waals surface area contributed by atoms with Crippen LogP contribution in [0.1, 0.15) is 55.8 Å². The highest BCUT2D eigenvalue weighted by Crippen LogP contribution is 2.42. The summed E-state index contributed by atoms with van der Waals surface area (Å²) in [4.78, 5) is 16.8. The second kappa shape index (κ2) is 7.38. The van der Waals surface area contributed by atoms with Crippen molar-refractivity contribution in [2.45, 2.75) is 44.4 Å². The van der Waals surface area contributed by atoms with Gasteiger partial charge in [-0.05, 0) is 79.5 Å². The third-order valence-electron chi connectivity index (χ3n) is 6.42. The second-order valence-corrected chi connectivity index (χ2v) is 8.48. The average Bonchev–Trinajstić information content (AvgIpc) is 3.16. The van der Waals surface area contributed by atoms with Crippen molar-refractivity contribution in [1.82, 2.24) is 19.9 Å². The molecule has 0 radical (unpaired) electrons. The Morgan fingerprint density at radius 2 is 1.90 bits per heavy atom. The largest absolute Gasteiger partial charge is 0.340 e. The molecule has 4 aromatic rings. The summed E-state index contributed by atoms with van der Waals surface area (Å²) in [7, 11) is 0. The molecule has 1 aliphatic rings. The summed E-state index contributed by atoms with van der Waals surface area (Å²) < 4.78 is 13.8. The summed E-state index contributed by atoms with van der Waals surface area (Å²) in [5, 5.41) is 1.41. The van der Waals surface area contributed by atoms with Gasteiger partial charge in [-0.2, -0.15) is 0 Å². The Hall–Kier alpha value is -2.53. The fourth-order valence-corrected chi connectivity index (χ4v) is 4.90. The average molecular weight is 409 g/mol. The van der Waals surface area contributed by atoms with Crippen molar-refractivity contribution in [1.29, 1.82) is 0 Å². The highest BCUT2D eigenvalue weighted by Gasteiger charge is 2.29. The van der Waals surface area contributed by atoms with Gasteiger partial charge in [0.1, 0.15) is 16.8 Å². The first kappa shape index (κ1) is 18.5. The van der Waals surface area contributed by atoms with E-state index in [1.165, 1.54) is 11.6 Å². The highest BCUT2D eigenvalue weighted by atomic mass is 35.5. The molecule has 1 aliphatic carbocycles. The zero-order valence-corrected chi connectivity index (χ0v) is 17.0. The molecule has 148 valence electrons. The summed E-state index contributed by atoms with van der Waals surface area (Å²) in [6.07, 6.45) is 6.27. The predicted octanol–water partition coefficient (Wildman–Crippen LogP) is 6.38. The van der Waals surface area contributed by atoms with Crippen LogP contribution in [0.25, 0.3) is 22.1 Å². The van der Waals surface area contributed by atoms with Crippen LogP contribution in [0.3, 0.4) is 0 Å². The topological polar surface area (TPSA) is 54.5 Å². The lowest BCUT2D eigenvalue weighted by molar-refractivity contribution is 0.286. The monoisotopic (exact) mass is 408 g/mol. The smallest absolute Gasteiger partial charge is 0.179 e. The third kappa shape index (κ3) is 3.48. The zero-order chi connectivity index (χ0) is 20.0. The van der Waals surface area contributed by atoms with Gasteiger partial charge in [-0.25, -0.2) is 14.4 Å². The van der Waals surface area contributed by atoms with Crippen molar-refractivity contribution in [2.75, 3.05) is 0 Å². The van der Waals surface area contributed by atoms with Gasteiger partial charge in [0, 0.05) is 17.5 Å². The number of rotatable bonds is 3. The lowest BCUT2D eigenvalue weighted by atomic mass is 9.73. The first-order valence-corrected chi connectivity index (χ1v) is 10.5. The molecule has 0 amide bonds. The van der Waals surface area contributed by atoms with Crippen LogP contribution >= 0.6 is 11.6 Å². The summed E-state index contributed by atoms with van der Waals surface area (Å²) >= 11 is 5.99. The Balaban J connectivity index is 1.34. The molecule has 3 heterocycles. The summed E-state index contributed by atoms with van der Waals surface area (Å²) in [6, 6.07) is 10.6.